The van der Waals surface area contributed by atoms with Crippen LogP contribution in [0.3, 0.4) is 0 Å². The SMILES string of the molecule is O=C(CC[C@@H]1CCCO1)N1CCC(c2nc3ccccc3[nH]2)CC1. The molecule has 2 aliphatic heterocycles. The van der Waals surface area contributed by atoms with Crippen LogP contribution in [0.2, 0.25) is 0 Å². The van der Waals surface area contributed by atoms with Gasteiger partial charge in [-0.15, -0.1) is 0 Å². The van der Waals surface area contributed by atoms with Crippen LogP contribution >= 0.6 is 0 Å². The van der Waals surface area contributed by atoms with Gasteiger partial charge in [0.05, 0.1) is 17.1 Å². The summed E-state index contributed by atoms with van der Waals surface area (Å²) in [4.78, 5) is 22.6. The van der Waals surface area contributed by atoms with Crippen molar-refractivity contribution in [2.45, 2.75) is 50.5 Å². The highest BCUT2D eigenvalue weighted by Gasteiger charge is 2.26. The molecule has 24 heavy (non-hydrogen) atoms. The van der Waals surface area contributed by atoms with E-state index in [1.54, 1.807) is 0 Å². The number of ether oxygens (including phenoxy) is 1. The van der Waals surface area contributed by atoms with Gasteiger partial charge in [-0.2, -0.15) is 0 Å². The summed E-state index contributed by atoms with van der Waals surface area (Å²) in [7, 11) is 0. The zero-order valence-electron chi connectivity index (χ0n) is 14.0. The van der Waals surface area contributed by atoms with E-state index in [4.69, 9.17) is 9.72 Å². The maximum Gasteiger partial charge on any atom is 0.222 e. The van der Waals surface area contributed by atoms with E-state index in [2.05, 4.69) is 11.1 Å². The first-order chi connectivity index (χ1) is 11.8. The van der Waals surface area contributed by atoms with Gasteiger partial charge in [-0.05, 0) is 44.2 Å². The molecule has 2 fully saturated rings. The Kier molecular flexibility index (Phi) is 4.52. The van der Waals surface area contributed by atoms with Gasteiger partial charge < -0.3 is 14.6 Å². The van der Waals surface area contributed by atoms with Crippen molar-refractivity contribution in [2.75, 3.05) is 19.7 Å². The molecule has 2 aromatic rings. The molecule has 1 aromatic heterocycles. The van der Waals surface area contributed by atoms with Crippen LogP contribution in [-0.2, 0) is 9.53 Å². The topological polar surface area (TPSA) is 58.2 Å². The lowest BCUT2D eigenvalue weighted by Gasteiger charge is -2.31. The molecule has 3 heterocycles. The third-order valence-electron chi connectivity index (χ3n) is 5.35. The molecule has 4 rings (SSSR count). The van der Waals surface area contributed by atoms with Gasteiger partial charge in [0.1, 0.15) is 5.82 Å². The van der Waals surface area contributed by atoms with Crippen molar-refractivity contribution in [1.29, 1.82) is 0 Å². The monoisotopic (exact) mass is 327 g/mol. The van der Waals surface area contributed by atoms with Crippen LogP contribution in [0.4, 0.5) is 0 Å². The summed E-state index contributed by atoms with van der Waals surface area (Å²) in [6, 6.07) is 8.15. The summed E-state index contributed by atoms with van der Waals surface area (Å²) in [5.41, 5.74) is 2.13. The normalized spacial score (nSPS) is 22.3. The molecule has 1 amide bonds. The number of piperidine rings is 1. The highest BCUT2D eigenvalue weighted by atomic mass is 16.5. The molecule has 0 saturated carbocycles. The number of carbonyl (C=O) groups is 1. The molecule has 5 nitrogen and oxygen atoms in total. The summed E-state index contributed by atoms with van der Waals surface area (Å²) in [5, 5.41) is 0. The number of hydrogen-bond donors (Lipinski definition) is 1. The first kappa shape index (κ1) is 15.6. The Morgan fingerprint density at radius 3 is 2.83 bits per heavy atom. The average Bonchev–Trinajstić information content (AvgIpc) is 3.29. The number of rotatable bonds is 4. The summed E-state index contributed by atoms with van der Waals surface area (Å²) < 4.78 is 5.61. The molecule has 0 unspecified atom stereocenters. The van der Waals surface area contributed by atoms with Gasteiger partial charge in [-0.1, -0.05) is 12.1 Å². The quantitative estimate of drug-likeness (QED) is 0.938. The highest BCUT2D eigenvalue weighted by molar-refractivity contribution is 5.76. The first-order valence-electron chi connectivity index (χ1n) is 9.13. The molecule has 0 bridgehead atoms. The number of imidazole rings is 1. The summed E-state index contributed by atoms with van der Waals surface area (Å²) >= 11 is 0. The number of fused-ring (bicyclic) bond motifs is 1. The fourth-order valence-corrected chi connectivity index (χ4v) is 3.88. The Bertz CT molecular complexity index is 664. The fraction of sp³-hybridized carbons (Fsp3) is 0.579. The first-order valence-corrected chi connectivity index (χ1v) is 9.13. The Labute approximate surface area is 142 Å². The van der Waals surface area contributed by atoms with Crippen molar-refractivity contribution >= 4 is 16.9 Å². The van der Waals surface area contributed by atoms with Gasteiger partial charge in [-0.25, -0.2) is 4.98 Å². The molecule has 1 aromatic carbocycles. The fourth-order valence-electron chi connectivity index (χ4n) is 3.88. The highest BCUT2D eigenvalue weighted by Crippen LogP contribution is 2.28. The number of aromatic nitrogens is 2. The van der Waals surface area contributed by atoms with Crippen LogP contribution in [0.25, 0.3) is 11.0 Å². The Morgan fingerprint density at radius 2 is 2.08 bits per heavy atom. The number of para-hydroxylation sites is 2. The van der Waals surface area contributed by atoms with Crippen LogP contribution in [0.15, 0.2) is 24.3 Å². The number of benzene rings is 1. The molecule has 1 N–H and O–H groups in total. The van der Waals surface area contributed by atoms with Crippen molar-refractivity contribution in [1.82, 2.24) is 14.9 Å². The Balaban J connectivity index is 1.30. The number of likely N-dealkylation sites (tertiary alicyclic amines) is 1. The molecule has 0 radical (unpaired) electrons. The van der Waals surface area contributed by atoms with E-state index >= 15 is 0 Å². The number of aromatic amines is 1. The minimum atomic E-state index is 0.286. The van der Waals surface area contributed by atoms with Gasteiger partial charge in [0.15, 0.2) is 0 Å². The maximum absolute atomic E-state index is 12.4. The lowest BCUT2D eigenvalue weighted by atomic mass is 9.95. The largest absolute Gasteiger partial charge is 0.378 e. The second kappa shape index (κ2) is 6.93. The molecule has 0 aliphatic carbocycles. The molecule has 2 aliphatic rings. The van der Waals surface area contributed by atoms with Crippen molar-refractivity contribution < 1.29 is 9.53 Å². The summed E-state index contributed by atoms with van der Waals surface area (Å²) in [6.45, 7) is 2.54. The lowest BCUT2D eigenvalue weighted by Crippen LogP contribution is -2.38. The lowest BCUT2D eigenvalue weighted by molar-refractivity contribution is -0.132. The third-order valence-corrected chi connectivity index (χ3v) is 5.35. The minimum absolute atomic E-state index is 0.286. The molecule has 5 heteroatoms. The second-order valence-electron chi connectivity index (χ2n) is 6.97. The number of nitrogens with one attached hydrogen (secondary N) is 1. The van der Waals surface area contributed by atoms with Crippen molar-refractivity contribution in [3.63, 3.8) is 0 Å². The van der Waals surface area contributed by atoms with Crippen LogP contribution < -0.4 is 0 Å². The second-order valence-corrected chi connectivity index (χ2v) is 6.97. The molecule has 1 atom stereocenters. The smallest absolute Gasteiger partial charge is 0.222 e. The van der Waals surface area contributed by atoms with Gasteiger partial charge in [0, 0.05) is 32.0 Å². The molecule has 128 valence electrons. The third kappa shape index (κ3) is 3.31. The van der Waals surface area contributed by atoms with E-state index in [1.807, 2.05) is 23.1 Å². The van der Waals surface area contributed by atoms with E-state index in [1.165, 1.54) is 0 Å². The van der Waals surface area contributed by atoms with Crippen molar-refractivity contribution in [3.05, 3.63) is 30.1 Å². The van der Waals surface area contributed by atoms with Gasteiger partial charge >= 0.3 is 0 Å². The minimum Gasteiger partial charge on any atom is -0.378 e. The standard InChI is InChI=1S/C19H25N3O2/c23-18(8-7-15-4-3-13-24-15)22-11-9-14(10-12-22)19-20-16-5-1-2-6-17(16)21-19/h1-2,5-6,14-15H,3-4,7-13H2,(H,20,21)/t15-/m0/s1. The predicted molar refractivity (Wildman–Crippen MR) is 92.9 cm³/mol. The van der Waals surface area contributed by atoms with E-state index < -0.39 is 0 Å². The van der Waals surface area contributed by atoms with Crippen molar-refractivity contribution in [3.8, 4) is 0 Å². The predicted octanol–water partition coefficient (Wildman–Crippen LogP) is 3.23. The molecular formula is C19H25N3O2. The van der Waals surface area contributed by atoms with E-state index in [0.29, 0.717) is 18.4 Å². The summed E-state index contributed by atoms with van der Waals surface area (Å²) in [5.74, 6) is 1.79. The van der Waals surface area contributed by atoms with Crippen LogP contribution in [0, 0.1) is 0 Å². The zero-order valence-corrected chi connectivity index (χ0v) is 14.0. The zero-order chi connectivity index (χ0) is 16.4. The molecule has 2 saturated heterocycles. The number of amides is 1. The van der Waals surface area contributed by atoms with Crippen LogP contribution in [-0.4, -0.2) is 46.6 Å². The van der Waals surface area contributed by atoms with E-state index in [0.717, 1.165) is 68.7 Å². The van der Waals surface area contributed by atoms with Crippen LogP contribution in [0.5, 0.6) is 0 Å². The molecular weight excluding hydrogens is 302 g/mol. The number of hydrogen-bond acceptors (Lipinski definition) is 3. The van der Waals surface area contributed by atoms with E-state index in [-0.39, 0.29) is 5.91 Å². The average molecular weight is 327 g/mol. The molecule has 0 spiro atoms. The Hall–Kier alpha value is -1.88. The van der Waals surface area contributed by atoms with Crippen molar-refractivity contribution in [2.24, 2.45) is 0 Å². The van der Waals surface area contributed by atoms with E-state index in [9.17, 15) is 4.79 Å². The number of nitrogens with zero attached hydrogens (tertiary/aromatic N) is 2. The van der Waals surface area contributed by atoms with Crippen LogP contribution in [0.1, 0.15) is 50.3 Å². The van der Waals surface area contributed by atoms with Gasteiger partial charge in [-0.3, -0.25) is 4.79 Å². The Morgan fingerprint density at radius 1 is 1.25 bits per heavy atom. The number of H-pyrrole nitrogens is 1. The number of carbonyl (C=O) groups excluding carboxylic acids is 1. The maximum atomic E-state index is 12.4. The van der Waals surface area contributed by atoms with Gasteiger partial charge in [0.2, 0.25) is 5.91 Å². The summed E-state index contributed by atoms with van der Waals surface area (Å²) in [6.07, 6.45) is 6.05. The van der Waals surface area contributed by atoms with Gasteiger partial charge in [0.25, 0.3) is 0 Å².